The summed E-state index contributed by atoms with van der Waals surface area (Å²) in [5.41, 5.74) is 0. The molecule has 1 amide bonds. The summed E-state index contributed by atoms with van der Waals surface area (Å²) < 4.78 is 0. The monoisotopic (exact) mass is 269 g/mol. The van der Waals surface area contributed by atoms with Gasteiger partial charge in [-0.05, 0) is 18.8 Å². The number of nitrogens with zero attached hydrogens (tertiary/aromatic N) is 1. The second kappa shape index (κ2) is 8.94. The van der Waals surface area contributed by atoms with Crippen molar-refractivity contribution in [3.05, 3.63) is 0 Å². The van der Waals surface area contributed by atoms with Crippen LogP contribution in [0.25, 0.3) is 0 Å². The summed E-state index contributed by atoms with van der Waals surface area (Å²) in [7, 11) is 1.78. The third kappa shape index (κ3) is 7.19. The number of aliphatic carboxylic acids is 1. The first-order valence-corrected chi connectivity index (χ1v) is 7.55. The molecule has 0 aromatic heterocycles. The summed E-state index contributed by atoms with van der Waals surface area (Å²) in [5, 5.41) is 8.55. The Morgan fingerprint density at radius 3 is 2.32 bits per heavy atom. The zero-order valence-corrected chi connectivity index (χ0v) is 12.1. The van der Waals surface area contributed by atoms with E-state index in [1.165, 1.54) is 44.9 Å². The van der Waals surface area contributed by atoms with Crippen molar-refractivity contribution in [3.8, 4) is 0 Å². The van der Waals surface area contributed by atoms with Crippen LogP contribution in [0, 0.1) is 5.92 Å². The molecule has 0 aromatic carbocycles. The van der Waals surface area contributed by atoms with E-state index in [1.54, 1.807) is 11.9 Å². The van der Waals surface area contributed by atoms with Gasteiger partial charge in [0.25, 0.3) is 0 Å². The number of hydrogen-bond donors (Lipinski definition) is 1. The van der Waals surface area contributed by atoms with E-state index in [0.717, 1.165) is 18.9 Å². The van der Waals surface area contributed by atoms with Crippen LogP contribution < -0.4 is 0 Å². The quantitative estimate of drug-likeness (QED) is 0.723. The maximum atomic E-state index is 11.6. The Hall–Kier alpha value is -1.06. The standard InChI is InChI=1S/C15H27NO3/c1-16(14(17)10-11-15(18)19)12-6-9-13-7-4-2-3-5-8-13/h13H,2-12H2,1H3,(H,18,19). The molecule has 0 heterocycles. The maximum Gasteiger partial charge on any atom is 0.303 e. The lowest BCUT2D eigenvalue weighted by atomic mass is 9.95. The average Bonchev–Trinajstić information content (AvgIpc) is 2.64. The van der Waals surface area contributed by atoms with E-state index in [-0.39, 0.29) is 18.7 Å². The summed E-state index contributed by atoms with van der Waals surface area (Å²) in [4.78, 5) is 23.7. The van der Waals surface area contributed by atoms with Gasteiger partial charge >= 0.3 is 5.97 Å². The molecule has 1 saturated carbocycles. The Balaban J connectivity index is 2.13. The van der Waals surface area contributed by atoms with Gasteiger partial charge < -0.3 is 10.0 Å². The molecule has 1 N–H and O–H groups in total. The Labute approximate surface area is 116 Å². The van der Waals surface area contributed by atoms with Gasteiger partial charge in [-0.3, -0.25) is 9.59 Å². The van der Waals surface area contributed by atoms with E-state index >= 15 is 0 Å². The molecule has 0 bridgehead atoms. The van der Waals surface area contributed by atoms with Gasteiger partial charge in [0.05, 0.1) is 6.42 Å². The molecule has 0 radical (unpaired) electrons. The molecular formula is C15H27NO3. The predicted octanol–water partition coefficient (Wildman–Crippen LogP) is 3.06. The minimum Gasteiger partial charge on any atom is -0.481 e. The molecule has 0 aromatic rings. The van der Waals surface area contributed by atoms with Gasteiger partial charge in [-0.1, -0.05) is 38.5 Å². The van der Waals surface area contributed by atoms with Gasteiger partial charge in [0.15, 0.2) is 0 Å². The topological polar surface area (TPSA) is 57.6 Å². The van der Waals surface area contributed by atoms with Crippen molar-refractivity contribution in [1.82, 2.24) is 4.90 Å². The van der Waals surface area contributed by atoms with E-state index in [1.807, 2.05) is 0 Å². The highest BCUT2D eigenvalue weighted by Gasteiger charge is 2.14. The molecule has 0 atom stereocenters. The fraction of sp³-hybridized carbons (Fsp3) is 0.867. The van der Waals surface area contributed by atoms with Crippen LogP contribution >= 0.6 is 0 Å². The fourth-order valence-electron chi connectivity index (χ4n) is 2.80. The molecule has 0 saturated heterocycles. The minimum absolute atomic E-state index is 0.0525. The molecule has 0 spiro atoms. The van der Waals surface area contributed by atoms with Crippen LogP contribution in [0.2, 0.25) is 0 Å². The van der Waals surface area contributed by atoms with Crippen molar-refractivity contribution in [2.75, 3.05) is 13.6 Å². The summed E-state index contributed by atoms with van der Waals surface area (Å²) in [6.07, 6.45) is 10.5. The van der Waals surface area contributed by atoms with E-state index in [9.17, 15) is 9.59 Å². The van der Waals surface area contributed by atoms with Crippen molar-refractivity contribution in [3.63, 3.8) is 0 Å². The highest BCUT2D eigenvalue weighted by atomic mass is 16.4. The normalized spacial score (nSPS) is 16.9. The lowest BCUT2D eigenvalue weighted by molar-refractivity contribution is -0.140. The molecule has 110 valence electrons. The number of carboxylic acid groups (broad SMARTS) is 1. The van der Waals surface area contributed by atoms with Crippen molar-refractivity contribution in [2.24, 2.45) is 5.92 Å². The maximum absolute atomic E-state index is 11.6. The lowest BCUT2D eigenvalue weighted by Crippen LogP contribution is -2.28. The molecule has 1 aliphatic rings. The molecule has 0 aliphatic heterocycles. The minimum atomic E-state index is -0.903. The number of carboxylic acids is 1. The summed E-state index contributed by atoms with van der Waals surface area (Å²) in [6.45, 7) is 0.759. The predicted molar refractivity (Wildman–Crippen MR) is 74.9 cm³/mol. The van der Waals surface area contributed by atoms with Crippen LogP contribution in [-0.2, 0) is 9.59 Å². The SMILES string of the molecule is CN(CCCC1CCCCCC1)C(=O)CCC(=O)O. The molecule has 1 rings (SSSR count). The Kier molecular flexibility index (Phi) is 7.53. The fourth-order valence-corrected chi connectivity index (χ4v) is 2.80. The van der Waals surface area contributed by atoms with Crippen LogP contribution in [-0.4, -0.2) is 35.5 Å². The third-order valence-electron chi connectivity index (χ3n) is 4.06. The summed E-state index contributed by atoms with van der Waals surface area (Å²) in [6, 6.07) is 0. The average molecular weight is 269 g/mol. The first-order valence-electron chi connectivity index (χ1n) is 7.55. The number of carbonyl (C=O) groups is 2. The van der Waals surface area contributed by atoms with Gasteiger partial charge in [-0.2, -0.15) is 0 Å². The first kappa shape index (κ1) is 16.0. The van der Waals surface area contributed by atoms with Crippen molar-refractivity contribution in [2.45, 2.75) is 64.2 Å². The first-order chi connectivity index (χ1) is 9.09. The van der Waals surface area contributed by atoms with E-state index < -0.39 is 5.97 Å². The van der Waals surface area contributed by atoms with Crippen LogP contribution in [0.1, 0.15) is 64.2 Å². The highest BCUT2D eigenvalue weighted by molar-refractivity contribution is 5.80. The van der Waals surface area contributed by atoms with Crippen molar-refractivity contribution >= 4 is 11.9 Å². The number of rotatable bonds is 7. The zero-order chi connectivity index (χ0) is 14.1. The van der Waals surface area contributed by atoms with Crippen LogP contribution in [0.4, 0.5) is 0 Å². The second-order valence-electron chi connectivity index (χ2n) is 5.71. The largest absolute Gasteiger partial charge is 0.481 e. The summed E-state index contributed by atoms with van der Waals surface area (Å²) in [5.74, 6) is -0.117. The molecule has 4 nitrogen and oxygen atoms in total. The highest BCUT2D eigenvalue weighted by Crippen LogP contribution is 2.26. The van der Waals surface area contributed by atoms with E-state index in [2.05, 4.69) is 0 Å². The third-order valence-corrected chi connectivity index (χ3v) is 4.06. The Morgan fingerprint density at radius 1 is 1.11 bits per heavy atom. The zero-order valence-electron chi connectivity index (χ0n) is 12.1. The lowest BCUT2D eigenvalue weighted by Gasteiger charge is -2.19. The van der Waals surface area contributed by atoms with Crippen molar-refractivity contribution in [1.29, 1.82) is 0 Å². The van der Waals surface area contributed by atoms with Gasteiger partial charge in [0, 0.05) is 20.0 Å². The molecule has 4 heteroatoms. The van der Waals surface area contributed by atoms with Gasteiger partial charge in [-0.25, -0.2) is 0 Å². The number of carbonyl (C=O) groups excluding carboxylic acids is 1. The van der Waals surface area contributed by atoms with Gasteiger partial charge in [0.1, 0.15) is 0 Å². The van der Waals surface area contributed by atoms with Crippen LogP contribution in [0.5, 0.6) is 0 Å². The second-order valence-corrected chi connectivity index (χ2v) is 5.71. The molecule has 0 unspecified atom stereocenters. The van der Waals surface area contributed by atoms with Gasteiger partial charge in [-0.15, -0.1) is 0 Å². The summed E-state index contributed by atoms with van der Waals surface area (Å²) >= 11 is 0. The number of hydrogen-bond acceptors (Lipinski definition) is 2. The molecule has 1 aliphatic carbocycles. The smallest absolute Gasteiger partial charge is 0.303 e. The number of amides is 1. The Morgan fingerprint density at radius 2 is 1.74 bits per heavy atom. The Bertz CT molecular complexity index is 283. The van der Waals surface area contributed by atoms with Crippen LogP contribution in [0.3, 0.4) is 0 Å². The molecule has 1 fully saturated rings. The molecule has 19 heavy (non-hydrogen) atoms. The van der Waals surface area contributed by atoms with E-state index in [0.29, 0.717) is 0 Å². The molecular weight excluding hydrogens is 242 g/mol. The van der Waals surface area contributed by atoms with Crippen LogP contribution in [0.15, 0.2) is 0 Å². The van der Waals surface area contributed by atoms with E-state index in [4.69, 9.17) is 5.11 Å². The van der Waals surface area contributed by atoms with Gasteiger partial charge in [0.2, 0.25) is 5.91 Å². The van der Waals surface area contributed by atoms with Crippen molar-refractivity contribution < 1.29 is 14.7 Å².